The lowest BCUT2D eigenvalue weighted by Crippen LogP contribution is -2.37. The predicted octanol–water partition coefficient (Wildman–Crippen LogP) is 0.856. The molecule has 21 heavy (non-hydrogen) atoms. The number of morpholine rings is 1. The molecule has 2 N–H and O–H groups in total. The minimum absolute atomic E-state index is 0.0673. The van der Waals surface area contributed by atoms with E-state index in [1.807, 2.05) is 12.1 Å². The van der Waals surface area contributed by atoms with Crippen LogP contribution in [0.2, 0.25) is 0 Å². The summed E-state index contributed by atoms with van der Waals surface area (Å²) in [5, 5.41) is 6.22. The van der Waals surface area contributed by atoms with Crippen LogP contribution in [0.1, 0.15) is 12.8 Å². The molecule has 2 fully saturated rings. The van der Waals surface area contributed by atoms with Gasteiger partial charge in [0.2, 0.25) is 5.91 Å². The van der Waals surface area contributed by atoms with Crippen LogP contribution in [0.3, 0.4) is 0 Å². The van der Waals surface area contributed by atoms with Crippen molar-refractivity contribution in [2.75, 3.05) is 49.6 Å². The van der Waals surface area contributed by atoms with Crippen LogP contribution in [0, 0.1) is 5.92 Å². The molecule has 3 rings (SSSR count). The Labute approximate surface area is 124 Å². The van der Waals surface area contributed by atoms with E-state index in [9.17, 15) is 4.79 Å². The van der Waals surface area contributed by atoms with Crippen molar-refractivity contribution in [3.8, 4) is 0 Å². The summed E-state index contributed by atoms with van der Waals surface area (Å²) in [6, 6.07) is 3.88. The number of hydrogen-bond acceptors (Lipinski definition) is 5. The summed E-state index contributed by atoms with van der Waals surface area (Å²) in [5.41, 5.74) is 0.766. The maximum Gasteiger partial charge on any atom is 0.228 e. The predicted molar refractivity (Wildman–Crippen MR) is 81.5 cm³/mol. The Morgan fingerprint density at radius 1 is 1.38 bits per heavy atom. The average Bonchev–Trinajstić information content (AvgIpc) is 2.57. The molecule has 114 valence electrons. The van der Waals surface area contributed by atoms with Crippen molar-refractivity contribution >= 4 is 17.4 Å². The Hall–Kier alpha value is -1.66. The smallest absolute Gasteiger partial charge is 0.228 e. The fraction of sp³-hybridized carbons (Fsp3) is 0.600. The quantitative estimate of drug-likeness (QED) is 0.864. The van der Waals surface area contributed by atoms with E-state index in [4.69, 9.17) is 4.74 Å². The Morgan fingerprint density at radius 2 is 2.24 bits per heavy atom. The van der Waals surface area contributed by atoms with Gasteiger partial charge in [-0.15, -0.1) is 0 Å². The second-order valence-electron chi connectivity index (χ2n) is 5.54. The third-order valence-electron chi connectivity index (χ3n) is 4.02. The molecule has 2 aliphatic rings. The van der Waals surface area contributed by atoms with E-state index < -0.39 is 0 Å². The number of aromatic nitrogens is 1. The van der Waals surface area contributed by atoms with Gasteiger partial charge in [-0.05, 0) is 31.5 Å². The fourth-order valence-corrected chi connectivity index (χ4v) is 2.76. The van der Waals surface area contributed by atoms with Gasteiger partial charge in [0.15, 0.2) is 0 Å². The average molecular weight is 290 g/mol. The summed E-state index contributed by atoms with van der Waals surface area (Å²) in [4.78, 5) is 18.8. The van der Waals surface area contributed by atoms with E-state index in [-0.39, 0.29) is 11.8 Å². The fourth-order valence-electron chi connectivity index (χ4n) is 2.76. The van der Waals surface area contributed by atoms with Crippen molar-refractivity contribution in [2.45, 2.75) is 12.8 Å². The topological polar surface area (TPSA) is 66.5 Å². The van der Waals surface area contributed by atoms with Gasteiger partial charge >= 0.3 is 0 Å². The monoisotopic (exact) mass is 290 g/mol. The Balaban J connectivity index is 1.57. The molecule has 2 saturated heterocycles. The SMILES string of the molecule is O=C(Nc1ccc(N2CCOCC2)nc1)[C@H]1CCCNC1. The molecule has 0 aliphatic carbocycles. The summed E-state index contributed by atoms with van der Waals surface area (Å²) < 4.78 is 5.33. The maximum absolute atomic E-state index is 12.1. The lowest BCUT2D eigenvalue weighted by molar-refractivity contribution is -0.120. The van der Waals surface area contributed by atoms with Crippen molar-refractivity contribution in [3.05, 3.63) is 18.3 Å². The largest absolute Gasteiger partial charge is 0.378 e. The van der Waals surface area contributed by atoms with Gasteiger partial charge in [-0.2, -0.15) is 0 Å². The highest BCUT2D eigenvalue weighted by Gasteiger charge is 2.21. The zero-order valence-electron chi connectivity index (χ0n) is 12.2. The van der Waals surface area contributed by atoms with Crippen LogP contribution in [-0.4, -0.2) is 50.3 Å². The molecule has 0 bridgehead atoms. The minimum Gasteiger partial charge on any atom is -0.378 e. The van der Waals surface area contributed by atoms with Crippen molar-refractivity contribution in [2.24, 2.45) is 5.92 Å². The summed E-state index contributed by atoms with van der Waals surface area (Å²) >= 11 is 0. The summed E-state index contributed by atoms with van der Waals surface area (Å²) in [6.45, 7) is 5.01. The van der Waals surface area contributed by atoms with Crippen LogP contribution in [0.25, 0.3) is 0 Å². The highest BCUT2D eigenvalue weighted by atomic mass is 16.5. The number of piperidine rings is 1. The molecule has 1 aromatic heterocycles. The van der Waals surface area contributed by atoms with Gasteiger partial charge in [0, 0.05) is 19.6 Å². The van der Waals surface area contributed by atoms with Crippen LogP contribution in [0.5, 0.6) is 0 Å². The zero-order chi connectivity index (χ0) is 14.5. The molecule has 6 heteroatoms. The molecule has 1 aromatic rings. The van der Waals surface area contributed by atoms with E-state index in [1.54, 1.807) is 6.20 Å². The first-order valence-corrected chi connectivity index (χ1v) is 7.63. The van der Waals surface area contributed by atoms with Gasteiger partial charge in [0.25, 0.3) is 0 Å². The molecular weight excluding hydrogens is 268 g/mol. The molecule has 0 spiro atoms. The van der Waals surface area contributed by atoms with Crippen LogP contribution < -0.4 is 15.5 Å². The highest BCUT2D eigenvalue weighted by Crippen LogP contribution is 2.17. The molecule has 1 amide bonds. The van der Waals surface area contributed by atoms with Gasteiger partial charge in [-0.1, -0.05) is 0 Å². The van der Waals surface area contributed by atoms with Crippen LogP contribution >= 0.6 is 0 Å². The number of anilines is 2. The first-order valence-electron chi connectivity index (χ1n) is 7.63. The number of rotatable bonds is 3. The standard InChI is InChI=1S/C15H22N4O2/c20-15(12-2-1-5-16-10-12)18-13-3-4-14(17-11-13)19-6-8-21-9-7-19/h3-4,11-12,16H,1-2,5-10H2,(H,18,20)/t12-/m0/s1. The van der Waals surface area contributed by atoms with E-state index in [2.05, 4.69) is 20.5 Å². The van der Waals surface area contributed by atoms with Crippen molar-refractivity contribution in [1.82, 2.24) is 10.3 Å². The van der Waals surface area contributed by atoms with Crippen LogP contribution in [0.4, 0.5) is 11.5 Å². The normalized spacial score (nSPS) is 22.9. The second-order valence-corrected chi connectivity index (χ2v) is 5.54. The molecule has 0 radical (unpaired) electrons. The van der Waals surface area contributed by atoms with Crippen molar-refractivity contribution < 1.29 is 9.53 Å². The third kappa shape index (κ3) is 3.71. The molecule has 3 heterocycles. The first-order chi connectivity index (χ1) is 10.3. The molecule has 0 saturated carbocycles. The number of amides is 1. The Bertz CT molecular complexity index is 465. The lowest BCUT2D eigenvalue weighted by atomic mass is 9.99. The number of hydrogen-bond donors (Lipinski definition) is 2. The van der Waals surface area contributed by atoms with Crippen molar-refractivity contribution in [1.29, 1.82) is 0 Å². The summed E-state index contributed by atoms with van der Waals surface area (Å²) in [6.07, 6.45) is 3.75. The Kier molecular flexibility index (Phi) is 4.67. The van der Waals surface area contributed by atoms with Gasteiger partial charge < -0.3 is 20.3 Å². The molecule has 0 unspecified atom stereocenters. The highest BCUT2D eigenvalue weighted by molar-refractivity contribution is 5.92. The van der Waals surface area contributed by atoms with Crippen LogP contribution in [-0.2, 0) is 9.53 Å². The molecular formula is C15H22N4O2. The Morgan fingerprint density at radius 3 is 2.90 bits per heavy atom. The van der Waals surface area contributed by atoms with Gasteiger partial charge in [-0.3, -0.25) is 4.79 Å². The summed E-state index contributed by atoms with van der Waals surface area (Å²) in [7, 11) is 0. The lowest BCUT2D eigenvalue weighted by Gasteiger charge is -2.27. The molecule has 0 aromatic carbocycles. The number of ether oxygens (including phenoxy) is 1. The number of nitrogens with zero attached hydrogens (tertiary/aromatic N) is 2. The van der Waals surface area contributed by atoms with Crippen LogP contribution in [0.15, 0.2) is 18.3 Å². The first kappa shape index (κ1) is 14.3. The van der Waals surface area contributed by atoms with E-state index in [0.29, 0.717) is 0 Å². The van der Waals surface area contributed by atoms with E-state index in [1.165, 1.54) is 0 Å². The second kappa shape index (κ2) is 6.87. The van der Waals surface area contributed by atoms with Gasteiger partial charge in [-0.25, -0.2) is 4.98 Å². The van der Waals surface area contributed by atoms with Crippen molar-refractivity contribution in [3.63, 3.8) is 0 Å². The number of carbonyl (C=O) groups is 1. The third-order valence-corrected chi connectivity index (χ3v) is 4.02. The molecule has 1 atom stereocenters. The minimum atomic E-state index is 0.0673. The number of nitrogens with one attached hydrogen (secondary N) is 2. The van der Waals surface area contributed by atoms with Gasteiger partial charge in [0.1, 0.15) is 5.82 Å². The molecule has 2 aliphatic heterocycles. The molecule has 6 nitrogen and oxygen atoms in total. The van der Waals surface area contributed by atoms with Gasteiger partial charge in [0.05, 0.1) is 31.0 Å². The maximum atomic E-state index is 12.1. The number of carbonyl (C=O) groups excluding carboxylic acids is 1. The number of pyridine rings is 1. The zero-order valence-corrected chi connectivity index (χ0v) is 12.2. The van der Waals surface area contributed by atoms with E-state index in [0.717, 1.165) is 63.7 Å². The van der Waals surface area contributed by atoms with E-state index >= 15 is 0 Å². The summed E-state index contributed by atoms with van der Waals surface area (Å²) in [5.74, 6) is 1.09.